The van der Waals surface area contributed by atoms with Gasteiger partial charge in [0.05, 0.1) is 0 Å². The molecule has 0 bridgehead atoms. The minimum Gasteiger partial charge on any atom is -0.480 e. The molecule has 0 spiro atoms. The fraction of sp³-hybridized carbons (Fsp3) is 0.417. The number of carboxylic acid groups (broad SMARTS) is 1. The van der Waals surface area contributed by atoms with Gasteiger partial charge < -0.3 is 5.11 Å². The second-order valence-corrected chi connectivity index (χ2v) is 7.07. The van der Waals surface area contributed by atoms with E-state index < -0.39 is 50.4 Å². The molecule has 0 unspecified atom stereocenters. The largest absolute Gasteiger partial charge is 0.480 e. The fourth-order valence-corrected chi connectivity index (χ4v) is 3.52. The first-order chi connectivity index (χ1) is 9.37. The Labute approximate surface area is 120 Å². The molecule has 1 aromatic carbocycles. The fourth-order valence-electron chi connectivity index (χ4n) is 1.69. The molecule has 118 valence electrons. The van der Waals surface area contributed by atoms with Gasteiger partial charge in [0.2, 0.25) is 10.0 Å². The molecule has 9 heteroatoms. The highest BCUT2D eigenvalue weighted by atomic mass is 32.2. The van der Waals surface area contributed by atoms with E-state index in [0.717, 1.165) is 0 Å². The number of hydrogen-bond donors (Lipinski definition) is 1. The molecular formula is C12H14F3NO4S. The predicted octanol–water partition coefficient (Wildman–Crippen LogP) is 1.98. The molecule has 0 aliphatic rings. The van der Waals surface area contributed by atoms with E-state index in [4.69, 9.17) is 5.11 Å². The first kappa shape index (κ1) is 17.4. The van der Waals surface area contributed by atoms with Crippen molar-refractivity contribution in [2.24, 2.45) is 0 Å². The number of aliphatic carboxylic acids is 1. The van der Waals surface area contributed by atoms with Crippen LogP contribution >= 0.6 is 0 Å². The standard InChI is InChI=1S/C12H14F3NO4S/c1-12(2,3)16(6-10(17)18)21(19,20)11-8(14)4-7(13)5-9(11)15/h4-5H,6H2,1-3H3,(H,17,18). The second kappa shape index (κ2) is 5.64. The number of rotatable bonds is 4. The Morgan fingerprint density at radius 2 is 1.62 bits per heavy atom. The van der Waals surface area contributed by atoms with Crippen LogP contribution < -0.4 is 0 Å². The molecule has 0 aromatic heterocycles. The topological polar surface area (TPSA) is 74.7 Å². The van der Waals surface area contributed by atoms with Crippen LogP contribution in [0.25, 0.3) is 0 Å². The lowest BCUT2D eigenvalue weighted by atomic mass is 10.1. The van der Waals surface area contributed by atoms with Crippen LogP contribution in [0.5, 0.6) is 0 Å². The van der Waals surface area contributed by atoms with Gasteiger partial charge in [-0.05, 0) is 20.8 Å². The third-order valence-electron chi connectivity index (χ3n) is 2.54. The third-order valence-corrected chi connectivity index (χ3v) is 4.70. The van der Waals surface area contributed by atoms with Gasteiger partial charge in [0, 0.05) is 17.7 Å². The minimum atomic E-state index is -4.80. The van der Waals surface area contributed by atoms with Gasteiger partial charge >= 0.3 is 5.97 Å². The Balaban J connectivity index is 3.54. The highest BCUT2D eigenvalue weighted by molar-refractivity contribution is 7.89. The summed E-state index contributed by atoms with van der Waals surface area (Å²) in [4.78, 5) is 9.43. The summed E-state index contributed by atoms with van der Waals surface area (Å²) in [7, 11) is -4.80. The van der Waals surface area contributed by atoms with Crippen molar-refractivity contribution in [1.82, 2.24) is 4.31 Å². The number of sulfonamides is 1. The van der Waals surface area contributed by atoms with Crippen molar-refractivity contribution >= 4 is 16.0 Å². The summed E-state index contributed by atoms with van der Waals surface area (Å²) in [5.41, 5.74) is -1.25. The quantitative estimate of drug-likeness (QED) is 0.918. The Hall–Kier alpha value is -1.61. The average molecular weight is 325 g/mol. The number of hydrogen-bond acceptors (Lipinski definition) is 3. The van der Waals surface area contributed by atoms with E-state index in [-0.39, 0.29) is 12.1 Å². The van der Waals surface area contributed by atoms with E-state index in [1.165, 1.54) is 20.8 Å². The summed E-state index contributed by atoms with van der Waals surface area (Å²) in [5, 5.41) is 8.79. The molecule has 1 N–H and O–H groups in total. The average Bonchev–Trinajstić information content (AvgIpc) is 2.21. The lowest BCUT2D eigenvalue weighted by Gasteiger charge is -2.33. The van der Waals surface area contributed by atoms with Crippen LogP contribution in [0.3, 0.4) is 0 Å². The molecule has 1 rings (SSSR count). The summed E-state index contributed by atoms with van der Waals surface area (Å²) in [6.45, 7) is 3.12. The Morgan fingerprint density at radius 3 is 1.95 bits per heavy atom. The van der Waals surface area contributed by atoms with E-state index in [9.17, 15) is 26.4 Å². The SMILES string of the molecule is CC(C)(C)N(CC(=O)O)S(=O)(=O)c1c(F)cc(F)cc1F. The maximum atomic E-state index is 13.7. The summed E-state index contributed by atoms with van der Waals surface area (Å²) in [6, 6.07) is 0.440. The van der Waals surface area contributed by atoms with Gasteiger partial charge in [0.15, 0.2) is 4.90 Å². The third kappa shape index (κ3) is 3.73. The smallest absolute Gasteiger partial charge is 0.318 e. The number of carboxylic acids is 1. The summed E-state index contributed by atoms with van der Waals surface area (Å²) < 4.78 is 65.3. The van der Waals surface area contributed by atoms with Crippen molar-refractivity contribution in [2.45, 2.75) is 31.2 Å². The molecule has 0 amide bonds. The van der Waals surface area contributed by atoms with Gasteiger partial charge in [-0.1, -0.05) is 0 Å². The van der Waals surface area contributed by atoms with Gasteiger partial charge in [0.1, 0.15) is 24.0 Å². The highest BCUT2D eigenvalue weighted by Crippen LogP contribution is 2.28. The molecule has 0 atom stereocenters. The zero-order valence-corrected chi connectivity index (χ0v) is 12.3. The van der Waals surface area contributed by atoms with Crippen LogP contribution in [0.15, 0.2) is 17.0 Å². The molecule has 0 saturated carbocycles. The number of carbonyl (C=O) groups is 1. The van der Waals surface area contributed by atoms with Gasteiger partial charge in [-0.2, -0.15) is 4.31 Å². The lowest BCUT2D eigenvalue weighted by Crippen LogP contribution is -2.48. The monoisotopic (exact) mass is 325 g/mol. The van der Waals surface area contributed by atoms with Crippen molar-refractivity contribution in [3.63, 3.8) is 0 Å². The highest BCUT2D eigenvalue weighted by Gasteiger charge is 2.39. The summed E-state index contributed by atoms with van der Waals surface area (Å²) >= 11 is 0. The van der Waals surface area contributed by atoms with Crippen LogP contribution in [0, 0.1) is 17.5 Å². The van der Waals surface area contributed by atoms with Crippen molar-refractivity contribution < 1.29 is 31.5 Å². The van der Waals surface area contributed by atoms with E-state index in [0.29, 0.717) is 4.31 Å². The van der Waals surface area contributed by atoms with Crippen LogP contribution in [-0.2, 0) is 14.8 Å². The summed E-state index contributed by atoms with van der Waals surface area (Å²) in [5.74, 6) is -6.00. The minimum absolute atomic E-state index is 0.220. The van der Waals surface area contributed by atoms with Gasteiger partial charge in [-0.15, -0.1) is 0 Å². The predicted molar refractivity (Wildman–Crippen MR) is 67.6 cm³/mol. The van der Waals surface area contributed by atoms with Crippen molar-refractivity contribution in [2.75, 3.05) is 6.54 Å². The van der Waals surface area contributed by atoms with Crippen LogP contribution in [0.2, 0.25) is 0 Å². The Morgan fingerprint density at radius 1 is 1.19 bits per heavy atom. The number of benzene rings is 1. The van der Waals surface area contributed by atoms with Crippen LogP contribution in [0.1, 0.15) is 20.8 Å². The molecule has 1 aromatic rings. The van der Waals surface area contributed by atoms with Gasteiger partial charge in [-0.25, -0.2) is 21.6 Å². The van der Waals surface area contributed by atoms with Crippen LogP contribution in [-0.4, -0.2) is 35.9 Å². The molecule has 0 aliphatic heterocycles. The van der Waals surface area contributed by atoms with Gasteiger partial charge in [-0.3, -0.25) is 4.79 Å². The first-order valence-electron chi connectivity index (χ1n) is 5.76. The van der Waals surface area contributed by atoms with E-state index in [1.807, 2.05) is 0 Å². The lowest BCUT2D eigenvalue weighted by molar-refractivity contribution is -0.138. The maximum Gasteiger partial charge on any atom is 0.318 e. The van der Waals surface area contributed by atoms with Gasteiger partial charge in [0.25, 0.3) is 0 Å². The number of halogens is 3. The summed E-state index contributed by atoms with van der Waals surface area (Å²) in [6.07, 6.45) is 0. The van der Waals surface area contributed by atoms with E-state index in [2.05, 4.69) is 0 Å². The molecule has 0 heterocycles. The Bertz CT molecular complexity index is 645. The van der Waals surface area contributed by atoms with Crippen molar-refractivity contribution in [3.05, 3.63) is 29.6 Å². The normalized spacial score (nSPS) is 12.7. The van der Waals surface area contributed by atoms with Crippen LogP contribution in [0.4, 0.5) is 13.2 Å². The zero-order valence-electron chi connectivity index (χ0n) is 11.5. The molecule has 0 radical (unpaired) electrons. The molecule has 21 heavy (non-hydrogen) atoms. The first-order valence-corrected chi connectivity index (χ1v) is 7.20. The second-order valence-electron chi connectivity index (χ2n) is 5.27. The number of nitrogens with zero attached hydrogens (tertiary/aromatic N) is 1. The molecule has 0 fully saturated rings. The maximum absolute atomic E-state index is 13.7. The zero-order chi connectivity index (χ0) is 16.6. The van der Waals surface area contributed by atoms with Crippen molar-refractivity contribution in [3.8, 4) is 0 Å². The van der Waals surface area contributed by atoms with E-state index >= 15 is 0 Å². The van der Waals surface area contributed by atoms with E-state index in [1.54, 1.807) is 0 Å². The van der Waals surface area contributed by atoms with Crippen molar-refractivity contribution in [1.29, 1.82) is 0 Å². The molecule has 0 saturated heterocycles. The molecular weight excluding hydrogens is 311 g/mol. The molecule has 0 aliphatic carbocycles. The Kier molecular flexibility index (Phi) is 4.69. The molecule has 5 nitrogen and oxygen atoms in total.